The molecule has 0 saturated heterocycles. The molecular formula is C10H6F3NO2. The topological polar surface area (TPSA) is 53.4 Å². The van der Waals surface area contributed by atoms with Crippen LogP contribution in [0.4, 0.5) is 13.2 Å². The van der Waals surface area contributed by atoms with Gasteiger partial charge in [-0.2, -0.15) is 13.2 Å². The second kappa shape index (κ2) is 3.26. The van der Waals surface area contributed by atoms with Gasteiger partial charge in [0.1, 0.15) is 22.7 Å². The largest absolute Gasteiger partial charge is 0.507 e. The molecule has 0 spiro atoms. The first kappa shape index (κ1) is 10.5. The minimum absolute atomic E-state index is 0.0769. The minimum atomic E-state index is -4.58. The molecule has 0 fully saturated rings. The molecule has 2 N–H and O–H groups in total. The van der Waals surface area contributed by atoms with Crippen LogP contribution in [0, 0.1) is 0 Å². The van der Waals surface area contributed by atoms with E-state index in [1.165, 1.54) is 6.07 Å². The molecule has 0 aliphatic rings. The number of hydrogen-bond acceptors (Lipinski definition) is 3. The Labute approximate surface area is 87.8 Å². The Hall–Kier alpha value is -1.98. The van der Waals surface area contributed by atoms with E-state index in [1.54, 1.807) is 0 Å². The van der Waals surface area contributed by atoms with Gasteiger partial charge in [0, 0.05) is 5.39 Å². The van der Waals surface area contributed by atoms with E-state index < -0.39 is 17.6 Å². The highest BCUT2D eigenvalue weighted by Crippen LogP contribution is 2.34. The van der Waals surface area contributed by atoms with Crippen molar-refractivity contribution in [3.63, 3.8) is 0 Å². The lowest BCUT2D eigenvalue weighted by Crippen LogP contribution is -2.07. The SMILES string of the molecule is Oc1ccc(O)c2nc(C(F)(F)F)ccc12. The van der Waals surface area contributed by atoms with Gasteiger partial charge in [-0.05, 0) is 24.3 Å². The monoisotopic (exact) mass is 229 g/mol. The Balaban J connectivity index is 2.76. The number of phenolic OH excluding ortho intramolecular Hbond substituents is 2. The third-order valence-corrected chi connectivity index (χ3v) is 2.10. The summed E-state index contributed by atoms with van der Waals surface area (Å²) in [6.07, 6.45) is -4.58. The Morgan fingerprint density at radius 3 is 2.19 bits per heavy atom. The molecule has 1 aromatic carbocycles. The number of phenols is 2. The van der Waals surface area contributed by atoms with Gasteiger partial charge in [-0.1, -0.05) is 0 Å². The summed E-state index contributed by atoms with van der Waals surface area (Å²) < 4.78 is 37.0. The number of benzene rings is 1. The zero-order valence-corrected chi connectivity index (χ0v) is 7.78. The molecule has 1 aromatic heterocycles. The average Bonchev–Trinajstić information content (AvgIpc) is 2.22. The van der Waals surface area contributed by atoms with Crippen molar-refractivity contribution in [3.05, 3.63) is 30.0 Å². The average molecular weight is 229 g/mol. The third-order valence-electron chi connectivity index (χ3n) is 2.10. The van der Waals surface area contributed by atoms with E-state index in [9.17, 15) is 23.4 Å². The van der Waals surface area contributed by atoms with Gasteiger partial charge in [0.25, 0.3) is 0 Å². The zero-order chi connectivity index (χ0) is 11.9. The number of rotatable bonds is 0. The van der Waals surface area contributed by atoms with Gasteiger partial charge in [-0.25, -0.2) is 4.98 Å². The van der Waals surface area contributed by atoms with Gasteiger partial charge < -0.3 is 10.2 Å². The maximum absolute atomic E-state index is 12.3. The standard InChI is InChI=1S/C10H6F3NO2/c11-10(12,13)8-4-1-5-6(15)2-3-7(16)9(5)14-8/h1-4,15-16H. The lowest BCUT2D eigenvalue weighted by Gasteiger charge is -2.08. The van der Waals surface area contributed by atoms with Gasteiger partial charge >= 0.3 is 6.18 Å². The summed E-state index contributed by atoms with van der Waals surface area (Å²) in [5.74, 6) is -0.632. The molecule has 0 aliphatic carbocycles. The summed E-state index contributed by atoms with van der Waals surface area (Å²) in [7, 11) is 0. The van der Waals surface area contributed by atoms with E-state index in [2.05, 4.69) is 4.98 Å². The van der Waals surface area contributed by atoms with Gasteiger partial charge in [-0.3, -0.25) is 0 Å². The molecule has 0 amide bonds. The van der Waals surface area contributed by atoms with Crippen LogP contribution >= 0.6 is 0 Å². The van der Waals surface area contributed by atoms with Crippen LogP contribution in [-0.4, -0.2) is 15.2 Å². The first-order valence-electron chi connectivity index (χ1n) is 4.28. The lowest BCUT2D eigenvalue weighted by molar-refractivity contribution is -0.140. The van der Waals surface area contributed by atoms with Crippen LogP contribution < -0.4 is 0 Å². The lowest BCUT2D eigenvalue weighted by atomic mass is 10.1. The molecule has 2 rings (SSSR count). The molecule has 0 saturated carbocycles. The highest BCUT2D eigenvalue weighted by atomic mass is 19.4. The Bertz CT molecular complexity index is 551. The molecular weight excluding hydrogens is 223 g/mol. The second-order valence-electron chi connectivity index (χ2n) is 3.19. The quantitative estimate of drug-likeness (QED) is 0.683. The fraction of sp³-hybridized carbons (Fsp3) is 0.100. The number of alkyl halides is 3. The number of hydrogen-bond donors (Lipinski definition) is 2. The fourth-order valence-electron chi connectivity index (χ4n) is 1.35. The first-order chi connectivity index (χ1) is 7.39. The molecule has 84 valence electrons. The number of halogens is 3. The number of aromatic hydroxyl groups is 2. The zero-order valence-electron chi connectivity index (χ0n) is 7.78. The summed E-state index contributed by atoms with van der Waals surface area (Å²) in [6.45, 7) is 0. The molecule has 0 unspecified atom stereocenters. The van der Waals surface area contributed by atoms with E-state index in [1.807, 2.05) is 0 Å². The number of aromatic nitrogens is 1. The van der Waals surface area contributed by atoms with Crippen LogP contribution in [-0.2, 0) is 6.18 Å². The maximum atomic E-state index is 12.3. The molecule has 0 bridgehead atoms. The van der Waals surface area contributed by atoms with Crippen molar-refractivity contribution < 1.29 is 23.4 Å². The van der Waals surface area contributed by atoms with Gasteiger partial charge in [0.05, 0.1) is 0 Å². The number of fused-ring (bicyclic) bond motifs is 1. The molecule has 0 aliphatic heterocycles. The summed E-state index contributed by atoms with van der Waals surface area (Å²) in [4.78, 5) is 3.27. The number of nitrogens with zero attached hydrogens (tertiary/aromatic N) is 1. The summed E-state index contributed by atoms with van der Waals surface area (Å²) >= 11 is 0. The van der Waals surface area contributed by atoms with Gasteiger partial charge in [-0.15, -0.1) is 0 Å². The van der Waals surface area contributed by atoms with Crippen LogP contribution in [0.25, 0.3) is 10.9 Å². The van der Waals surface area contributed by atoms with Crippen molar-refractivity contribution in [1.82, 2.24) is 4.98 Å². The van der Waals surface area contributed by atoms with E-state index in [0.29, 0.717) is 0 Å². The van der Waals surface area contributed by atoms with E-state index >= 15 is 0 Å². The normalized spacial score (nSPS) is 11.9. The molecule has 16 heavy (non-hydrogen) atoms. The van der Waals surface area contributed by atoms with Crippen molar-refractivity contribution >= 4 is 10.9 Å². The Kier molecular flexibility index (Phi) is 2.15. The maximum Gasteiger partial charge on any atom is 0.433 e. The Morgan fingerprint density at radius 2 is 1.56 bits per heavy atom. The fourth-order valence-corrected chi connectivity index (χ4v) is 1.35. The highest BCUT2D eigenvalue weighted by molar-refractivity contribution is 5.89. The minimum Gasteiger partial charge on any atom is -0.507 e. The van der Waals surface area contributed by atoms with Crippen LogP contribution in [0.5, 0.6) is 11.5 Å². The second-order valence-corrected chi connectivity index (χ2v) is 3.19. The summed E-state index contributed by atoms with van der Waals surface area (Å²) in [6, 6.07) is 4.10. The molecule has 2 aromatic rings. The van der Waals surface area contributed by atoms with Crippen LogP contribution in [0.2, 0.25) is 0 Å². The van der Waals surface area contributed by atoms with Gasteiger partial charge in [0.2, 0.25) is 0 Å². The van der Waals surface area contributed by atoms with E-state index in [4.69, 9.17) is 0 Å². The molecule has 0 radical (unpaired) electrons. The number of pyridine rings is 1. The van der Waals surface area contributed by atoms with Gasteiger partial charge in [0.15, 0.2) is 0 Å². The molecule has 1 heterocycles. The predicted molar refractivity (Wildman–Crippen MR) is 50.1 cm³/mol. The summed E-state index contributed by atoms with van der Waals surface area (Å²) in [5.41, 5.74) is -1.38. The highest BCUT2D eigenvalue weighted by Gasteiger charge is 2.32. The van der Waals surface area contributed by atoms with Crippen molar-refractivity contribution in [1.29, 1.82) is 0 Å². The smallest absolute Gasteiger partial charge is 0.433 e. The van der Waals surface area contributed by atoms with Crippen molar-refractivity contribution in [2.75, 3.05) is 0 Å². The Morgan fingerprint density at radius 1 is 0.938 bits per heavy atom. The van der Waals surface area contributed by atoms with Crippen molar-refractivity contribution in [3.8, 4) is 11.5 Å². The van der Waals surface area contributed by atoms with Crippen molar-refractivity contribution in [2.45, 2.75) is 6.18 Å². The first-order valence-corrected chi connectivity index (χ1v) is 4.28. The van der Waals surface area contributed by atoms with Crippen LogP contribution in [0.1, 0.15) is 5.69 Å². The third kappa shape index (κ3) is 1.62. The van der Waals surface area contributed by atoms with Crippen LogP contribution in [0.3, 0.4) is 0 Å². The molecule has 3 nitrogen and oxygen atoms in total. The molecule has 0 atom stereocenters. The molecule has 6 heteroatoms. The summed E-state index contributed by atoms with van der Waals surface area (Å²) in [5, 5.41) is 18.8. The van der Waals surface area contributed by atoms with Crippen molar-refractivity contribution in [2.24, 2.45) is 0 Å². The van der Waals surface area contributed by atoms with Crippen LogP contribution in [0.15, 0.2) is 24.3 Å². The van der Waals surface area contributed by atoms with E-state index in [0.717, 1.165) is 18.2 Å². The predicted octanol–water partition coefficient (Wildman–Crippen LogP) is 2.66. The van der Waals surface area contributed by atoms with E-state index in [-0.39, 0.29) is 16.7 Å².